The number of nitrogens with one attached hydrogen (secondary N) is 1. The number of anilines is 1. The smallest absolute Gasteiger partial charge is 0.235 e. The van der Waals surface area contributed by atoms with Crippen molar-refractivity contribution in [1.82, 2.24) is 9.88 Å². The quantitative estimate of drug-likeness (QED) is 0.500. The monoisotopic (exact) mass is 475 g/mol. The zero-order valence-electron chi connectivity index (χ0n) is 20.0. The summed E-state index contributed by atoms with van der Waals surface area (Å²) in [4.78, 5) is 44.7. The third-order valence-electron chi connectivity index (χ3n) is 8.03. The number of carbonyl (C=O) groups is 3. The van der Waals surface area contributed by atoms with Crippen LogP contribution in [0.15, 0.2) is 42.5 Å². The van der Waals surface area contributed by atoms with Gasteiger partial charge in [-0.3, -0.25) is 19.3 Å². The molecule has 1 aliphatic carbocycles. The van der Waals surface area contributed by atoms with Gasteiger partial charge in [-0.2, -0.15) is 0 Å². The van der Waals surface area contributed by atoms with Gasteiger partial charge in [0.25, 0.3) is 0 Å². The Morgan fingerprint density at radius 2 is 1.88 bits per heavy atom. The van der Waals surface area contributed by atoms with Crippen molar-refractivity contribution in [1.29, 1.82) is 0 Å². The summed E-state index contributed by atoms with van der Waals surface area (Å²) in [5.74, 6) is -0.643. The number of piperidine rings is 1. The van der Waals surface area contributed by atoms with Crippen LogP contribution in [0.25, 0.3) is 20.8 Å². The number of amides is 3. The average Bonchev–Trinajstić information content (AvgIpc) is 3.29. The molecule has 1 aromatic heterocycles. The molecule has 1 N–H and O–H groups in total. The molecule has 0 spiro atoms. The fourth-order valence-corrected chi connectivity index (χ4v) is 6.47. The lowest BCUT2D eigenvalue weighted by molar-refractivity contribution is -0.167. The second-order valence-electron chi connectivity index (χ2n) is 10.3. The van der Waals surface area contributed by atoms with Crippen molar-refractivity contribution in [2.24, 2.45) is 16.7 Å². The van der Waals surface area contributed by atoms with Crippen LogP contribution in [0.1, 0.15) is 45.6 Å². The van der Waals surface area contributed by atoms with Crippen molar-refractivity contribution >= 4 is 45.0 Å². The second-order valence-corrected chi connectivity index (χ2v) is 11.3. The van der Waals surface area contributed by atoms with Crippen LogP contribution in [0.3, 0.4) is 0 Å². The fraction of sp³-hybridized carbons (Fsp3) is 0.407. The number of likely N-dealkylation sites (tertiary alicyclic amines) is 1. The summed E-state index contributed by atoms with van der Waals surface area (Å²) < 4.78 is 1.15. The Balaban J connectivity index is 1.22. The van der Waals surface area contributed by atoms with Crippen molar-refractivity contribution in [2.45, 2.75) is 47.0 Å². The maximum Gasteiger partial charge on any atom is 0.235 e. The van der Waals surface area contributed by atoms with Gasteiger partial charge in [-0.25, -0.2) is 4.98 Å². The number of thiazole rings is 1. The minimum atomic E-state index is -0.544. The first kappa shape index (κ1) is 22.7. The Morgan fingerprint density at radius 3 is 2.62 bits per heavy atom. The number of aryl methyl sites for hydroxylation is 1. The maximum atomic E-state index is 13.1. The van der Waals surface area contributed by atoms with Gasteiger partial charge in [0.2, 0.25) is 17.7 Å². The van der Waals surface area contributed by atoms with Gasteiger partial charge in [-0.15, -0.1) is 11.3 Å². The SMILES string of the molecule is Cc1ccc2nc(-c3ccc(NC(=O)CCN4C(=O)C5CCC(C)(C4=O)C5(C)C)cc3)sc2c1. The maximum absolute atomic E-state index is 13.1. The number of rotatable bonds is 5. The Bertz CT molecular complexity index is 1310. The van der Waals surface area contributed by atoms with E-state index in [0.717, 1.165) is 33.6 Å². The van der Waals surface area contributed by atoms with Gasteiger partial charge >= 0.3 is 0 Å². The molecule has 2 aliphatic rings. The molecule has 1 saturated heterocycles. The van der Waals surface area contributed by atoms with E-state index in [0.29, 0.717) is 5.69 Å². The molecule has 6 nitrogen and oxygen atoms in total. The summed E-state index contributed by atoms with van der Waals surface area (Å²) in [6, 6.07) is 13.8. The van der Waals surface area contributed by atoms with Gasteiger partial charge in [0.1, 0.15) is 5.01 Å². The molecule has 1 aliphatic heterocycles. The number of imide groups is 1. The second kappa shape index (κ2) is 8.01. The Labute approximate surface area is 203 Å². The predicted octanol–water partition coefficient (Wildman–Crippen LogP) is 5.41. The highest BCUT2D eigenvalue weighted by molar-refractivity contribution is 7.21. The molecule has 2 heterocycles. The van der Waals surface area contributed by atoms with Crippen LogP contribution in [0.5, 0.6) is 0 Å². The average molecular weight is 476 g/mol. The van der Waals surface area contributed by atoms with Crippen LogP contribution >= 0.6 is 11.3 Å². The molecule has 1 saturated carbocycles. The van der Waals surface area contributed by atoms with E-state index in [1.165, 1.54) is 10.5 Å². The summed E-state index contributed by atoms with van der Waals surface area (Å²) in [6.07, 6.45) is 1.54. The van der Waals surface area contributed by atoms with E-state index in [-0.39, 0.29) is 42.0 Å². The number of carbonyl (C=O) groups excluding carboxylic acids is 3. The normalized spacial score (nSPS) is 23.5. The van der Waals surface area contributed by atoms with E-state index in [1.54, 1.807) is 11.3 Å². The lowest BCUT2D eigenvalue weighted by Crippen LogP contribution is -2.59. The Kier molecular flexibility index (Phi) is 5.35. The van der Waals surface area contributed by atoms with Crippen LogP contribution in [-0.2, 0) is 14.4 Å². The Morgan fingerprint density at radius 1 is 1.15 bits per heavy atom. The van der Waals surface area contributed by atoms with Crippen LogP contribution < -0.4 is 5.32 Å². The summed E-state index contributed by atoms with van der Waals surface area (Å²) in [5, 5.41) is 3.82. The first-order valence-electron chi connectivity index (χ1n) is 11.7. The molecule has 2 atom stereocenters. The van der Waals surface area contributed by atoms with E-state index >= 15 is 0 Å². The molecule has 3 aromatic rings. The van der Waals surface area contributed by atoms with Crippen molar-refractivity contribution < 1.29 is 14.4 Å². The molecule has 3 amide bonds. The molecule has 2 bridgehead atoms. The number of hydrogen-bond acceptors (Lipinski definition) is 5. The number of nitrogens with zero attached hydrogens (tertiary/aromatic N) is 2. The number of hydrogen-bond donors (Lipinski definition) is 1. The van der Waals surface area contributed by atoms with Crippen molar-refractivity contribution in [3.05, 3.63) is 48.0 Å². The molecule has 176 valence electrons. The first-order valence-corrected chi connectivity index (χ1v) is 12.5. The zero-order valence-corrected chi connectivity index (χ0v) is 20.8. The molecule has 34 heavy (non-hydrogen) atoms. The standard InChI is InChI=1S/C27H29N3O3S/c1-16-5-10-20-21(15-16)34-23(29-20)17-6-8-18(9-7-17)28-22(31)12-14-30-24(32)19-11-13-27(4,25(30)33)26(19,2)3/h5-10,15,19H,11-14H2,1-4H3,(H,28,31). The third kappa shape index (κ3) is 3.54. The van der Waals surface area contributed by atoms with Crippen LogP contribution in [0.2, 0.25) is 0 Å². The number of fused-ring (bicyclic) bond motifs is 3. The van der Waals surface area contributed by atoms with Gasteiger partial charge in [0.15, 0.2) is 0 Å². The molecule has 2 unspecified atom stereocenters. The van der Waals surface area contributed by atoms with E-state index in [2.05, 4.69) is 24.4 Å². The van der Waals surface area contributed by atoms with Crippen molar-refractivity contribution in [2.75, 3.05) is 11.9 Å². The van der Waals surface area contributed by atoms with E-state index in [9.17, 15) is 14.4 Å². The van der Waals surface area contributed by atoms with Gasteiger partial charge in [-0.1, -0.05) is 26.8 Å². The van der Waals surface area contributed by atoms with Crippen molar-refractivity contribution in [3.8, 4) is 10.6 Å². The third-order valence-corrected chi connectivity index (χ3v) is 9.10. The summed E-state index contributed by atoms with van der Waals surface area (Å²) in [6.45, 7) is 8.18. The highest BCUT2D eigenvalue weighted by atomic mass is 32.1. The minimum Gasteiger partial charge on any atom is -0.326 e. The molecule has 5 rings (SSSR count). The first-order chi connectivity index (χ1) is 16.1. The lowest BCUT2D eigenvalue weighted by Gasteiger charge is -2.47. The summed E-state index contributed by atoms with van der Waals surface area (Å²) in [5.41, 5.74) is 2.97. The van der Waals surface area contributed by atoms with E-state index < -0.39 is 5.41 Å². The van der Waals surface area contributed by atoms with Gasteiger partial charge in [-0.05, 0) is 67.1 Å². The molecular formula is C27H29N3O3S. The largest absolute Gasteiger partial charge is 0.326 e. The topological polar surface area (TPSA) is 79.4 Å². The van der Waals surface area contributed by atoms with Crippen LogP contribution in [0.4, 0.5) is 5.69 Å². The Hall–Kier alpha value is -3.06. The zero-order chi connectivity index (χ0) is 24.3. The number of aromatic nitrogens is 1. The van der Waals surface area contributed by atoms with Crippen LogP contribution in [-0.4, -0.2) is 34.2 Å². The van der Waals surface area contributed by atoms with Gasteiger partial charge in [0, 0.05) is 30.1 Å². The summed E-state index contributed by atoms with van der Waals surface area (Å²) in [7, 11) is 0. The fourth-order valence-electron chi connectivity index (χ4n) is 5.40. The number of benzene rings is 2. The predicted molar refractivity (Wildman–Crippen MR) is 134 cm³/mol. The van der Waals surface area contributed by atoms with Crippen LogP contribution in [0, 0.1) is 23.7 Å². The molecule has 7 heteroatoms. The lowest BCUT2D eigenvalue weighted by atomic mass is 9.62. The van der Waals surface area contributed by atoms with E-state index in [1.807, 2.05) is 51.1 Å². The molecule has 0 radical (unpaired) electrons. The van der Waals surface area contributed by atoms with E-state index in [4.69, 9.17) is 4.98 Å². The highest BCUT2D eigenvalue weighted by Gasteiger charge is 2.64. The molecular weight excluding hydrogens is 446 g/mol. The van der Waals surface area contributed by atoms with Gasteiger partial charge < -0.3 is 5.32 Å². The minimum absolute atomic E-state index is 0.0830. The van der Waals surface area contributed by atoms with Crippen molar-refractivity contribution in [3.63, 3.8) is 0 Å². The van der Waals surface area contributed by atoms with Gasteiger partial charge in [0.05, 0.1) is 15.6 Å². The molecule has 2 aromatic carbocycles. The highest BCUT2D eigenvalue weighted by Crippen LogP contribution is 2.60. The molecule has 2 fully saturated rings. The summed E-state index contributed by atoms with van der Waals surface area (Å²) >= 11 is 1.65.